The van der Waals surface area contributed by atoms with Gasteiger partial charge < -0.3 is 0 Å². The van der Waals surface area contributed by atoms with E-state index in [4.69, 9.17) is 0 Å². The molecule has 29 heavy (non-hydrogen) atoms. The van der Waals surface area contributed by atoms with E-state index in [1.54, 1.807) is 0 Å². The number of nitrogens with one attached hydrogen (secondary N) is 1. The molecular formula is C24H27N5. The van der Waals surface area contributed by atoms with Crippen molar-refractivity contribution in [2.75, 3.05) is 13.1 Å². The predicted molar refractivity (Wildman–Crippen MR) is 113 cm³/mol. The topological polar surface area (TPSA) is 57.7 Å². The van der Waals surface area contributed by atoms with Crippen molar-refractivity contribution < 1.29 is 0 Å². The van der Waals surface area contributed by atoms with Crippen LogP contribution in [0.15, 0.2) is 72.8 Å². The standard InChI is InChI=1S/C24H27N5/c1-3-8-20(9-4-1)24(23-25-27-28-26-23,21-10-5-2-6-11-21)16-7-17-29-18-19-12-14-22(29)15-13-19/h1-11,16,19,22H,12-15,17-18H2,(H,25,26,27,28). The van der Waals surface area contributed by atoms with Crippen LogP contribution in [0.1, 0.15) is 42.6 Å². The fourth-order valence-corrected chi connectivity index (χ4v) is 5.18. The van der Waals surface area contributed by atoms with Crippen molar-refractivity contribution in [1.82, 2.24) is 25.5 Å². The lowest BCUT2D eigenvalue weighted by molar-refractivity contribution is 0.0593. The number of aromatic amines is 1. The maximum absolute atomic E-state index is 4.43. The number of H-pyrrole nitrogens is 1. The Morgan fingerprint density at radius 2 is 1.59 bits per heavy atom. The number of benzene rings is 2. The van der Waals surface area contributed by atoms with E-state index in [-0.39, 0.29) is 0 Å². The first-order valence-corrected chi connectivity index (χ1v) is 10.6. The third kappa shape index (κ3) is 3.40. The van der Waals surface area contributed by atoms with Crippen molar-refractivity contribution in [3.63, 3.8) is 0 Å². The monoisotopic (exact) mass is 385 g/mol. The number of aromatic nitrogens is 4. The van der Waals surface area contributed by atoms with Gasteiger partial charge in [-0.05, 0) is 42.7 Å². The summed E-state index contributed by atoms with van der Waals surface area (Å²) in [5.41, 5.74) is 1.72. The van der Waals surface area contributed by atoms with Gasteiger partial charge in [0.05, 0.1) is 0 Å². The van der Waals surface area contributed by atoms with Gasteiger partial charge in [-0.15, -0.1) is 10.2 Å². The largest absolute Gasteiger partial charge is 0.296 e. The van der Waals surface area contributed by atoms with Crippen LogP contribution in [-0.2, 0) is 5.41 Å². The Kier molecular flexibility index (Phi) is 4.98. The lowest BCUT2D eigenvalue weighted by atomic mass is 9.73. The average Bonchev–Trinajstić information content (AvgIpc) is 3.34. The van der Waals surface area contributed by atoms with E-state index in [9.17, 15) is 0 Å². The molecule has 2 aliphatic heterocycles. The van der Waals surface area contributed by atoms with Crippen molar-refractivity contribution in [3.05, 3.63) is 89.8 Å². The van der Waals surface area contributed by atoms with Crippen molar-refractivity contribution in [2.45, 2.75) is 37.1 Å². The molecule has 5 nitrogen and oxygen atoms in total. The lowest BCUT2D eigenvalue weighted by Crippen LogP contribution is -2.47. The van der Waals surface area contributed by atoms with Gasteiger partial charge in [0.1, 0.15) is 5.41 Å². The predicted octanol–water partition coefficient (Wildman–Crippen LogP) is 3.96. The number of hydrogen-bond acceptors (Lipinski definition) is 4. The highest BCUT2D eigenvalue weighted by Gasteiger charge is 2.38. The summed E-state index contributed by atoms with van der Waals surface area (Å²) in [6.45, 7) is 2.21. The quantitative estimate of drug-likeness (QED) is 0.653. The molecule has 3 fully saturated rings. The summed E-state index contributed by atoms with van der Waals surface area (Å²) >= 11 is 0. The summed E-state index contributed by atoms with van der Waals surface area (Å²) in [7, 11) is 0. The Balaban J connectivity index is 1.55. The molecule has 0 radical (unpaired) electrons. The van der Waals surface area contributed by atoms with E-state index in [1.165, 1.54) is 32.2 Å². The summed E-state index contributed by atoms with van der Waals surface area (Å²) in [5.74, 6) is 1.56. The Morgan fingerprint density at radius 3 is 2.10 bits per heavy atom. The van der Waals surface area contributed by atoms with Crippen LogP contribution in [0.4, 0.5) is 0 Å². The minimum atomic E-state index is -0.565. The number of fused-ring (bicyclic) bond motifs is 3. The summed E-state index contributed by atoms with van der Waals surface area (Å²) in [6.07, 6.45) is 10.1. The zero-order chi connectivity index (χ0) is 19.5. The third-order valence-electron chi connectivity index (χ3n) is 6.69. The molecule has 3 heterocycles. The molecule has 2 saturated heterocycles. The third-order valence-corrected chi connectivity index (χ3v) is 6.69. The summed E-state index contributed by atoms with van der Waals surface area (Å²) in [6, 6.07) is 21.7. The van der Waals surface area contributed by atoms with Gasteiger partial charge >= 0.3 is 0 Å². The highest BCUT2D eigenvalue weighted by Crippen LogP contribution is 2.39. The van der Waals surface area contributed by atoms with E-state index in [0.29, 0.717) is 5.82 Å². The van der Waals surface area contributed by atoms with E-state index in [0.717, 1.165) is 29.6 Å². The molecular weight excluding hydrogens is 358 g/mol. The van der Waals surface area contributed by atoms with Gasteiger partial charge in [-0.2, -0.15) is 5.21 Å². The van der Waals surface area contributed by atoms with Crippen molar-refractivity contribution >= 4 is 0 Å². The molecule has 1 aromatic heterocycles. The fraction of sp³-hybridized carbons (Fsp3) is 0.375. The smallest absolute Gasteiger partial charge is 0.193 e. The molecule has 0 amide bonds. The highest BCUT2D eigenvalue weighted by atomic mass is 15.5. The van der Waals surface area contributed by atoms with Crippen LogP contribution in [0.3, 0.4) is 0 Å². The zero-order valence-electron chi connectivity index (χ0n) is 16.6. The Bertz CT molecular complexity index is 888. The zero-order valence-corrected chi connectivity index (χ0v) is 16.6. The van der Waals surface area contributed by atoms with Gasteiger partial charge in [0.25, 0.3) is 0 Å². The van der Waals surface area contributed by atoms with Crippen LogP contribution < -0.4 is 0 Å². The van der Waals surface area contributed by atoms with E-state index in [2.05, 4.69) is 86.2 Å². The molecule has 0 spiro atoms. The summed E-state index contributed by atoms with van der Waals surface area (Å²) < 4.78 is 0. The van der Waals surface area contributed by atoms with Gasteiger partial charge in [0.2, 0.25) is 0 Å². The summed E-state index contributed by atoms with van der Waals surface area (Å²) in [4.78, 5) is 2.66. The second kappa shape index (κ2) is 7.91. The van der Waals surface area contributed by atoms with Crippen LogP contribution in [-0.4, -0.2) is 44.7 Å². The molecule has 3 aliphatic rings. The van der Waals surface area contributed by atoms with Crippen molar-refractivity contribution in [1.29, 1.82) is 0 Å². The summed E-state index contributed by atoms with van der Waals surface area (Å²) in [5, 5.41) is 15.4. The first-order valence-electron chi connectivity index (χ1n) is 10.6. The van der Waals surface area contributed by atoms with Gasteiger partial charge in [-0.25, -0.2) is 0 Å². The van der Waals surface area contributed by atoms with Crippen LogP contribution in [0, 0.1) is 5.92 Å². The maximum Gasteiger partial charge on any atom is 0.193 e. The number of allylic oxidation sites excluding steroid dienone is 1. The van der Waals surface area contributed by atoms with Crippen molar-refractivity contribution in [3.8, 4) is 0 Å². The molecule has 1 saturated carbocycles. The second-order valence-electron chi connectivity index (χ2n) is 8.31. The molecule has 2 bridgehead atoms. The average molecular weight is 386 g/mol. The first kappa shape index (κ1) is 18.3. The van der Waals surface area contributed by atoms with Crippen molar-refractivity contribution in [2.24, 2.45) is 5.92 Å². The first-order chi connectivity index (χ1) is 14.4. The van der Waals surface area contributed by atoms with E-state index in [1.807, 2.05) is 12.1 Å². The Morgan fingerprint density at radius 1 is 0.931 bits per heavy atom. The number of piperidine rings is 2. The van der Waals surface area contributed by atoms with Crippen LogP contribution in [0.5, 0.6) is 0 Å². The minimum Gasteiger partial charge on any atom is -0.296 e. The van der Waals surface area contributed by atoms with E-state index >= 15 is 0 Å². The van der Waals surface area contributed by atoms with Crippen LogP contribution in [0.25, 0.3) is 0 Å². The Labute approximate surface area is 171 Å². The van der Waals surface area contributed by atoms with Gasteiger partial charge in [0, 0.05) is 19.1 Å². The number of rotatable bonds is 6. The molecule has 1 N–H and O–H groups in total. The minimum absolute atomic E-state index is 0.565. The number of nitrogens with zero attached hydrogens (tertiary/aromatic N) is 4. The molecule has 0 atom stereocenters. The highest BCUT2D eigenvalue weighted by molar-refractivity contribution is 5.50. The van der Waals surface area contributed by atoms with Gasteiger partial charge in [-0.1, -0.05) is 78.0 Å². The molecule has 148 valence electrons. The number of tetrazole rings is 1. The molecule has 6 rings (SSSR count). The van der Waals surface area contributed by atoms with Crippen LogP contribution in [0.2, 0.25) is 0 Å². The van der Waals surface area contributed by atoms with Gasteiger partial charge in [-0.3, -0.25) is 4.90 Å². The lowest BCUT2D eigenvalue weighted by Gasteiger charge is -2.45. The maximum atomic E-state index is 4.43. The van der Waals surface area contributed by atoms with Crippen LogP contribution >= 0.6 is 0 Å². The molecule has 3 aromatic rings. The molecule has 5 heteroatoms. The van der Waals surface area contributed by atoms with E-state index < -0.39 is 5.41 Å². The fourth-order valence-electron chi connectivity index (χ4n) is 5.18. The second-order valence-corrected chi connectivity index (χ2v) is 8.31. The SMILES string of the molecule is C(=CC(c1ccccc1)(c1ccccc1)c1nn[nH]n1)CN1CC2CCC1CC2. The molecule has 2 aromatic carbocycles. The van der Waals surface area contributed by atoms with Gasteiger partial charge in [0.15, 0.2) is 5.82 Å². The molecule has 1 aliphatic carbocycles. The number of hydrogen-bond donors (Lipinski definition) is 1. The molecule has 0 unspecified atom stereocenters. The normalized spacial score (nSPS) is 22.3. The Hall–Kier alpha value is -2.79.